The van der Waals surface area contributed by atoms with Crippen molar-refractivity contribution >= 4 is 54.2 Å². The van der Waals surface area contributed by atoms with E-state index in [1.165, 1.54) is 23.5 Å². The number of fused-ring (bicyclic) bond motifs is 1. The molecule has 2 aromatic carbocycles. The Morgan fingerprint density at radius 3 is 2.71 bits per heavy atom. The van der Waals surface area contributed by atoms with Gasteiger partial charge in [-0.15, -0.1) is 0 Å². The van der Waals surface area contributed by atoms with Crippen molar-refractivity contribution in [2.75, 3.05) is 5.32 Å². The van der Waals surface area contributed by atoms with Crippen molar-refractivity contribution in [2.24, 2.45) is 0 Å². The lowest BCUT2D eigenvalue weighted by atomic mass is 10.2. The van der Waals surface area contributed by atoms with E-state index in [-0.39, 0.29) is 16.5 Å². The molecule has 0 spiro atoms. The molecule has 0 unspecified atom stereocenters. The Morgan fingerprint density at radius 1 is 1.14 bits per heavy atom. The number of halogens is 1. The Balaban J connectivity index is 1.53. The Hall–Kier alpha value is -2.00. The predicted octanol–water partition coefficient (Wildman–Crippen LogP) is 4.42. The van der Waals surface area contributed by atoms with Crippen LogP contribution in [0.15, 0.2) is 47.4 Å². The van der Waals surface area contributed by atoms with Gasteiger partial charge in [0.25, 0.3) is 5.91 Å². The zero-order valence-electron chi connectivity index (χ0n) is 14.8. The molecule has 28 heavy (non-hydrogen) atoms. The van der Waals surface area contributed by atoms with Crippen LogP contribution >= 0.6 is 22.9 Å². The van der Waals surface area contributed by atoms with Gasteiger partial charge in [0.2, 0.25) is 10.0 Å². The Kier molecular flexibility index (Phi) is 5.37. The van der Waals surface area contributed by atoms with Crippen molar-refractivity contribution in [3.63, 3.8) is 0 Å². The van der Waals surface area contributed by atoms with Crippen LogP contribution in [0.4, 0.5) is 5.13 Å². The Morgan fingerprint density at radius 2 is 1.93 bits per heavy atom. The van der Waals surface area contributed by atoms with Crippen molar-refractivity contribution in [3.8, 4) is 0 Å². The number of anilines is 1. The van der Waals surface area contributed by atoms with Gasteiger partial charge in [0.15, 0.2) is 5.13 Å². The summed E-state index contributed by atoms with van der Waals surface area (Å²) in [5, 5.41) is 3.76. The minimum atomic E-state index is -3.66. The number of amides is 1. The molecule has 6 nitrogen and oxygen atoms in total. The molecule has 1 aliphatic rings. The summed E-state index contributed by atoms with van der Waals surface area (Å²) in [7, 11) is -3.66. The second kappa shape index (κ2) is 7.79. The smallest absolute Gasteiger partial charge is 0.257 e. The van der Waals surface area contributed by atoms with E-state index in [2.05, 4.69) is 15.0 Å². The molecular formula is C19H18ClN3O3S2. The summed E-state index contributed by atoms with van der Waals surface area (Å²) in [5.74, 6) is -0.414. The van der Waals surface area contributed by atoms with E-state index in [1.54, 1.807) is 30.3 Å². The summed E-state index contributed by atoms with van der Waals surface area (Å²) in [5.41, 5.74) is 0.994. The average molecular weight is 436 g/mol. The summed E-state index contributed by atoms with van der Waals surface area (Å²) in [6.45, 7) is 0. The molecule has 9 heteroatoms. The quantitative estimate of drug-likeness (QED) is 0.620. The number of thiazole rings is 1. The van der Waals surface area contributed by atoms with E-state index >= 15 is 0 Å². The monoisotopic (exact) mass is 435 g/mol. The number of rotatable bonds is 5. The van der Waals surface area contributed by atoms with Crippen LogP contribution < -0.4 is 10.0 Å². The molecule has 1 saturated carbocycles. The van der Waals surface area contributed by atoms with Gasteiger partial charge in [0.05, 0.1) is 15.1 Å². The number of nitrogens with one attached hydrogen (secondary N) is 2. The number of hydrogen-bond acceptors (Lipinski definition) is 5. The molecule has 1 aliphatic carbocycles. The van der Waals surface area contributed by atoms with Crippen LogP contribution in [0.25, 0.3) is 10.2 Å². The number of carbonyl (C=O) groups is 1. The molecule has 1 amide bonds. The lowest BCUT2D eigenvalue weighted by molar-refractivity contribution is 0.102. The van der Waals surface area contributed by atoms with Crippen molar-refractivity contribution in [1.82, 2.24) is 9.71 Å². The van der Waals surface area contributed by atoms with Gasteiger partial charge in [-0.1, -0.05) is 41.8 Å². The topological polar surface area (TPSA) is 88.2 Å². The van der Waals surface area contributed by atoms with Crippen LogP contribution in [0.1, 0.15) is 36.0 Å². The molecule has 4 rings (SSSR count). The van der Waals surface area contributed by atoms with Gasteiger partial charge in [0.1, 0.15) is 0 Å². The van der Waals surface area contributed by atoms with Crippen LogP contribution in [-0.4, -0.2) is 25.4 Å². The first-order valence-corrected chi connectivity index (χ1v) is 11.6. The lowest BCUT2D eigenvalue weighted by Crippen LogP contribution is -2.32. The summed E-state index contributed by atoms with van der Waals surface area (Å²) in [4.78, 5) is 17.0. The molecule has 0 aliphatic heterocycles. The number of carbonyl (C=O) groups excluding carboxylic acids is 1. The van der Waals surface area contributed by atoms with Gasteiger partial charge >= 0.3 is 0 Å². The highest BCUT2D eigenvalue weighted by Gasteiger charge is 2.23. The second-order valence-electron chi connectivity index (χ2n) is 6.72. The van der Waals surface area contributed by atoms with Gasteiger partial charge in [-0.2, -0.15) is 0 Å². The Bertz CT molecular complexity index is 1140. The minimum absolute atomic E-state index is 0.0305. The first-order chi connectivity index (χ1) is 13.4. The van der Waals surface area contributed by atoms with Crippen LogP contribution in [0.3, 0.4) is 0 Å². The number of hydrogen-bond donors (Lipinski definition) is 2. The highest BCUT2D eigenvalue weighted by atomic mass is 35.5. The summed E-state index contributed by atoms with van der Waals surface area (Å²) < 4.78 is 28.8. The van der Waals surface area contributed by atoms with Gasteiger partial charge in [-0.25, -0.2) is 18.1 Å². The standard InChI is InChI=1S/C19H18ClN3O3S2/c20-13-8-9-16-17(11-13)27-19(21-16)22-18(24)12-4-3-7-15(10-12)28(25,26)23-14-5-1-2-6-14/h3-4,7-11,14,23H,1-2,5-6H2,(H,21,22,24). The van der Waals surface area contributed by atoms with Gasteiger partial charge in [0, 0.05) is 16.6 Å². The van der Waals surface area contributed by atoms with Crippen LogP contribution in [0.5, 0.6) is 0 Å². The van der Waals surface area contributed by atoms with E-state index in [1.807, 2.05) is 0 Å². The molecule has 146 valence electrons. The van der Waals surface area contributed by atoms with E-state index in [0.29, 0.717) is 10.2 Å². The van der Waals surface area contributed by atoms with Crippen molar-refractivity contribution in [3.05, 3.63) is 53.1 Å². The Labute approximate surface area is 172 Å². The van der Waals surface area contributed by atoms with Crippen LogP contribution in [-0.2, 0) is 10.0 Å². The van der Waals surface area contributed by atoms with Crippen LogP contribution in [0.2, 0.25) is 5.02 Å². The first kappa shape index (κ1) is 19.3. The minimum Gasteiger partial charge on any atom is -0.298 e. The average Bonchev–Trinajstić information content (AvgIpc) is 3.30. The predicted molar refractivity (Wildman–Crippen MR) is 112 cm³/mol. The number of aromatic nitrogens is 1. The zero-order chi connectivity index (χ0) is 19.7. The maximum atomic E-state index is 12.6. The van der Waals surface area contributed by atoms with Gasteiger partial charge in [-0.3, -0.25) is 10.1 Å². The fourth-order valence-electron chi connectivity index (χ4n) is 3.26. The van der Waals surface area contributed by atoms with E-state index in [0.717, 1.165) is 35.9 Å². The third kappa shape index (κ3) is 4.20. The number of sulfonamides is 1. The van der Waals surface area contributed by atoms with E-state index in [4.69, 9.17) is 11.6 Å². The molecule has 1 fully saturated rings. The maximum Gasteiger partial charge on any atom is 0.257 e. The number of nitrogens with zero attached hydrogens (tertiary/aromatic N) is 1. The van der Waals surface area contributed by atoms with Crippen molar-refractivity contribution in [2.45, 2.75) is 36.6 Å². The van der Waals surface area contributed by atoms with Crippen LogP contribution in [0, 0.1) is 0 Å². The molecule has 0 bridgehead atoms. The lowest BCUT2D eigenvalue weighted by Gasteiger charge is -2.13. The van der Waals surface area contributed by atoms with E-state index in [9.17, 15) is 13.2 Å². The summed E-state index contributed by atoms with van der Waals surface area (Å²) >= 11 is 7.29. The third-order valence-electron chi connectivity index (χ3n) is 4.65. The van der Waals surface area contributed by atoms with E-state index < -0.39 is 15.9 Å². The third-order valence-corrected chi connectivity index (χ3v) is 7.34. The fraction of sp³-hybridized carbons (Fsp3) is 0.263. The molecule has 0 saturated heterocycles. The summed E-state index contributed by atoms with van der Waals surface area (Å²) in [6.07, 6.45) is 3.76. The molecule has 3 aromatic rings. The number of benzene rings is 2. The fourth-order valence-corrected chi connectivity index (χ4v) is 5.74. The molecule has 1 aromatic heterocycles. The summed E-state index contributed by atoms with van der Waals surface area (Å²) in [6, 6.07) is 11.3. The van der Waals surface area contributed by atoms with Gasteiger partial charge < -0.3 is 0 Å². The molecule has 0 radical (unpaired) electrons. The molecule has 0 atom stereocenters. The maximum absolute atomic E-state index is 12.6. The molecule has 1 heterocycles. The van der Waals surface area contributed by atoms with Crippen molar-refractivity contribution in [1.29, 1.82) is 0 Å². The highest BCUT2D eigenvalue weighted by molar-refractivity contribution is 7.89. The normalized spacial score (nSPS) is 15.2. The zero-order valence-corrected chi connectivity index (χ0v) is 17.2. The second-order valence-corrected chi connectivity index (χ2v) is 9.90. The molecular weight excluding hydrogens is 418 g/mol. The SMILES string of the molecule is O=C(Nc1nc2ccc(Cl)cc2s1)c1cccc(S(=O)(=O)NC2CCCC2)c1. The molecule has 2 N–H and O–H groups in total. The van der Waals surface area contributed by atoms with Crippen molar-refractivity contribution < 1.29 is 13.2 Å². The highest BCUT2D eigenvalue weighted by Crippen LogP contribution is 2.28. The largest absolute Gasteiger partial charge is 0.298 e. The first-order valence-electron chi connectivity index (χ1n) is 8.90. The van der Waals surface area contributed by atoms with Gasteiger partial charge in [-0.05, 0) is 49.2 Å².